The summed E-state index contributed by atoms with van der Waals surface area (Å²) >= 11 is 0. The average molecular weight is 934 g/mol. The molecule has 2 aliphatic carbocycles. The molecule has 0 N–H and O–H groups in total. The van der Waals surface area contributed by atoms with E-state index in [4.69, 9.17) is 0 Å². The van der Waals surface area contributed by atoms with Crippen molar-refractivity contribution in [1.29, 1.82) is 0 Å². The summed E-state index contributed by atoms with van der Waals surface area (Å²) in [5.41, 5.74) is 20.7. The fourth-order valence-electron chi connectivity index (χ4n) is 13.3. The summed E-state index contributed by atoms with van der Waals surface area (Å²) in [5, 5.41) is 5.65. The largest absolute Gasteiger partial charge is 0.310 e. The van der Waals surface area contributed by atoms with Gasteiger partial charge in [-0.1, -0.05) is 250 Å². The zero-order chi connectivity index (χ0) is 48.0. The first-order valence-corrected chi connectivity index (χ1v) is 27.3. The van der Waals surface area contributed by atoms with Crippen LogP contribution in [0.1, 0.15) is 47.2 Å². The van der Waals surface area contributed by atoms with Gasteiger partial charge in [0.1, 0.15) is 0 Å². The van der Waals surface area contributed by atoms with Gasteiger partial charge in [0.25, 0.3) is 0 Å². The molecule has 0 bridgehead atoms. The molecule has 1 nitrogen and oxygen atoms in total. The molecule has 0 fully saturated rings. The number of nitrogens with zero attached hydrogens (tertiary/aromatic N) is 1. The van der Waals surface area contributed by atoms with Gasteiger partial charge in [-0.3, -0.25) is 0 Å². The monoisotopic (exact) mass is 933 g/mol. The van der Waals surface area contributed by atoms with Gasteiger partial charge in [-0.25, -0.2) is 0 Å². The molecule has 1 atom stereocenters. The first-order chi connectivity index (χ1) is 35.5. The second-order valence-electron chi connectivity index (χ2n) is 20.3. The molecular weight excluding hydrogens is 883 g/mol. The topological polar surface area (TPSA) is 3.24 Å². The number of benzene rings is 11. The molecule has 340 valence electrons. The molecule has 1 aliphatic heterocycles. The maximum atomic E-state index is 2.57. The van der Waals surface area contributed by atoms with Crippen molar-refractivity contribution in [2.75, 3.05) is 4.90 Å². The first kappa shape index (κ1) is 42.3. The van der Waals surface area contributed by atoms with Crippen LogP contribution in [0.25, 0.3) is 44.5 Å². The standard InChI is InChI=1S/C70H51NSi/c1-69(2)63-32-18-15-29-57(63)59-42-39-52(45-65(59)69)71(54-41-44-62-61-31-17-20-34-67(61)72(68(62)47-54,55-25-11-5-12-26-55)56-27-13-6-14-28-56)53-40-43-60-58-30-16-19-33-64(58)70(66(60)46-53,50-23-9-4-10-24-50)51-37-35-49(36-38-51)48-21-7-3-8-22-48/h3-47H,1-2H3. The van der Waals surface area contributed by atoms with E-state index in [9.17, 15) is 0 Å². The minimum absolute atomic E-state index is 0.177. The van der Waals surface area contributed by atoms with Crippen LogP contribution in [0, 0.1) is 0 Å². The molecule has 11 aromatic carbocycles. The van der Waals surface area contributed by atoms with Crippen LogP contribution in [0.3, 0.4) is 0 Å². The molecule has 0 spiro atoms. The Morgan fingerprint density at radius 2 is 0.708 bits per heavy atom. The molecule has 3 aliphatic rings. The van der Waals surface area contributed by atoms with Gasteiger partial charge in [-0.15, -0.1) is 0 Å². The quantitative estimate of drug-likeness (QED) is 0.137. The minimum atomic E-state index is -2.81. The van der Waals surface area contributed by atoms with Gasteiger partial charge in [0, 0.05) is 22.5 Å². The van der Waals surface area contributed by atoms with Gasteiger partial charge >= 0.3 is 0 Å². The number of anilines is 3. The van der Waals surface area contributed by atoms with Crippen molar-refractivity contribution in [2.45, 2.75) is 24.7 Å². The number of fused-ring (bicyclic) bond motifs is 9. The van der Waals surface area contributed by atoms with Crippen molar-refractivity contribution in [1.82, 2.24) is 0 Å². The molecule has 2 heteroatoms. The highest BCUT2D eigenvalue weighted by Gasteiger charge is 2.50. The lowest BCUT2D eigenvalue weighted by Crippen LogP contribution is -2.72. The Balaban J connectivity index is 1.04. The normalized spacial score (nSPS) is 15.9. The zero-order valence-corrected chi connectivity index (χ0v) is 41.4. The summed E-state index contributed by atoms with van der Waals surface area (Å²) in [7, 11) is -2.81. The maximum absolute atomic E-state index is 2.81. The van der Waals surface area contributed by atoms with Crippen molar-refractivity contribution >= 4 is 45.9 Å². The van der Waals surface area contributed by atoms with Crippen LogP contribution in [0.15, 0.2) is 273 Å². The molecule has 0 amide bonds. The highest BCUT2D eigenvalue weighted by Crippen LogP contribution is 2.58. The summed E-state index contributed by atoms with van der Waals surface area (Å²) in [6.07, 6.45) is 0. The van der Waals surface area contributed by atoms with Crippen molar-refractivity contribution in [2.24, 2.45) is 0 Å². The van der Waals surface area contributed by atoms with E-state index in [1.165, 1.54) is 98.6 Å². The lowest BCUT2D eigenvalue weighted by atomic mass is 9.67. The van der Waals surface area contributed by atoms with Crippen LogP contribution in [0.2, 0.25) is 0 Å². The van der Waals surface area contributed by atoms with E-state index < -0.39 is 13.5 Å². The third-order valence-electron chi connectivity index (χ3n) is 16.4. The Kier molecular flexibility index (Phi) is 9.55. The third kappa shape index (κ3) is 6.00. The molecule has 14 rings (SSSR count). The second kappa shape index (κ2) is 16.2. The fraction of sp³-hybridized carbons (Fsp3) is 0.0571. The van der Waals surface area contributed by atoms with Crippen molar-refractivity contribution in [3.8, 4) is 44.5 Å². The van der Waals surface area contributed by atoms with Crippen molar-refractivity contribution in [3.63, 3.8) is 0 Å². The van der Waals surface area contributed by atoms with Crippen LogP contribution in [0.5, 0.6) is 0 Å². The summed E-state index contributed by atoms with van der Waals surface area (Å²) < 4.78 is 0. The lowest BCUT2D eigenvalue weighted by molar-refractivity contribution is 0.660. The number of rotatable bonds is 8. The summed E-state index contributed by atoms with van der Waals surface area (Å²) in [6, 6.07) is 103. The van der Waals surface area contributed by atoms with E-state index >= 15 is 0 Å². The molecular formula is C70H51NSi. The Hall–Kier alpha value is -8.56. The van der Waals surface area contributed by atoms with E-state index in [0.717, 1.165) is 17.1 Å². The maximum Gasteiger partial charge on any atom is 0.180 e. The van der Waals surface area contributed by atoms with E-state index in [2.05, 4.69) is 292 Å². The van der Waals surface area contributed by atoms with Gasteiger partial charge < -0.3 is 4.90 Å². The SMILES string of the molecule is CC1(C)c2ccccc2-c2ccc(N(c3ccc4c(c3)C(c3ccccc3)(c3ccc(-c5ccccc5)cc3)c3ccccc3-4)c3ccc4c(c3)[Si](c3ccccc3)(c3ccccc3)c3ccccc3-4)cc21. The summed E-state index contributed by atoms with van der Waals surface area (Å²) in [6.45, 7) is 4.78. The Morgan fingerprint density at radius 3 is 1.35 bits per heavy atom. The average Bonchev–Trinajstić information content (AvgIpc) is 4.00. The molecule has 11 aromatic rings. The lowest BCUT2D eigenvalue weighted by Gasteiger charge is -2.35. The molecule has 0 radical (unpaired) electrons. The minimum Gasteiger partial charge on any atom is -0.310 e. The Bertz CT molecular complexity index is 3840. The molecule has 0 aromatic heterocycles. The van der Waals surface area contributed by atoms with Gasteiger partial charge in [0.2, 0.25) is 0 Å². The number of hydrogen-bond donors (Lipinski definition) is 0. The van der Waals surface area contributed by atoms with Crippen LogP contribution in [-0.2, 0) is 10.8 Å². The van der Waals surface area contributed by atoms with Crippen LogP contribution < -0.4 is 25.6 Å². The van der Waals surface area contributed by atoms with Crippen LogP contribution in [0.4, 0.5) is 17.1 Å². The summed E-state index contributed by atoms with van der Waals surface area (Å²) in [5.74, 6) is 0. The first-order valence-electron chi connectivity index (χ1n) is 25.3. The zero-order valence-electron chi connectivity index (χ0n) is 40.4. The molecule has 72 heavy (non-hydrogen) atoms. The van der Waals surface area contributed by atoms with E-state index in [1.54, 1.807) is 0 Å². The molecule has 1 unspecified atom stereocenters. The van der Waals surface area contributed by atoms with Gasteiger partial charge in [0.05, 0.1) is 5.41 Å². The van der Waals surface area contributed by atoms with Crippen molar-refractivity contribution < 1.29 is 0 Å². The fourth-order valence-corrected chi connectivity index (χ4v) is 18.5. The summed E-state index contributed by atoms with van der Waals surface area (Å²) in [4.78, 5) is 2.56. The van der Waals surface area contributed by atoms with Crippen LogP contribution in [-0.4, -0.2) is 8.07 Å². The Labute approximate surface area is 424 Å². The predicted molar refractivity (Wildman–Crippen MR) is 304 cm³/mol. The molecule has 0 saturated carbocycles. The van der Waals surface area contributed by atoms with Gasteiger partial charge in [-0.05, 0) is 135 Å². The van der Waals surface area contributed by atoms with E-state index in [1.807, 2.05) is 0 Å². The number of hydrogen-bond acceptors (Lipinski definition) is 1. The predicted octanol–water partition coefficient (Wildman–Crippen LogP) is 14.9. The highest BCUT2D eigenvalue weighted by atomic mass is 28.3. The third-order valence-corrected chi connectivity index (χ3v) is 21.3. The highest BCUT2D eigenvalue weighted by molar-refractivity contribution is 7.22. The van der Waals surface area contributed by atoms with Crippen LogP contribution >= 0.6 is 0 Å². The van der Waals surface area contributed by atoms with E-state index in [0.29, 0.717) is 0 Å². The Morgan fingerprint density at radius 1 is 0.292 bits per heavy atom. The molecule has 1 heterocycles. The van der Waals surface area contributed by atoms with Gasteiger partial charge in [-0.2, -0.15) is 0 Å². The second-order valence-corrected chi connectivity index (χ2v) is 24.1. The smallest absolute Gasteiger partial charge is 0.180 e. The van der Waals surface area contributed by atoms with E-state index in [-0.39, 0.29) is 5.41 Å². The molecule has 0 saturated heterocycles. The van der Waals surface area contributed by atoms with Gasteiger partial charge in [0.15, 0.2) is 8.07 Å². The van der Waals surface area contributed by atoms with Crippen molar-refractivity contribution in [3.05, 3.63) is 306 Å².